The minimum Gasteiger partial charge on any atom is -0.233 e. The van der Waals surface area contributed by atoms with Gasteiger partial charge in [0.1, 0.15) is 0 Å². The van der Waals surface area contributed by atoms with Crippen LogP contribution in [0, 0.1) is 0 Å². The molecule has 0 heterocycles. The van der Waals surface area contributed by atoms with Crippen molar-refractivity contribution in [1.82, 2.24) is 0 Å². The second-order valence-electron chi connectivity index (χ2n) is 6.27. The Morgan fingerprint density at radius 1 is 0.684 bits per heavy atom. The first-order valence-electron chi connectivity index (χ1n) is 6.76. The molecule has 0 aliphatic carbocycles. The molecule has 0 aromatic heterocycles. The molecule has 2 aromatic rings. The fourth-order valence-electron chi connectivity index (χ4n) is 2.11. The van der Waals surface area contributed by atoms with Crippen molar-refractivity contribution in [2.75, 3.05) is 12.5 Å². The number of hydrogen-bond donors (Lipinski definition) is 1. The van der Waals surface area contributed by atoms with Crippen molar-refractivity contribution in [1.29, 1.82) is 0 Å². The normalized spacial score (nSPS) is 12.4. The molecule has 0 saturated heterocycles. The van der Waals surface area contributed by atoms with Crippen molar-refractivity contribution < 1.29 is 0 Å². The summed E-state index contributed by atoms with van der Waals surface area (Å²) in [6, 6.07) is 18.0. The van der Waals surface area contributed by atoms with Gasteiger partial charge in [-0.15, -0.1) is 0 Å². The molecule has 102 valence electrons. The van der Waals surface area contributed by atoms with Crippen LogP contribution in [0.1, 0.15) is 26.3 Å². The predicted octanol–water partition coefficient (Wildman–Crippen LogP) is 5.27. The van der Waals surface area contributed by atoms with E-state index in [1.807, 2.05) is 0 Å². The van der Waals surface area contributed by atoms with E-state index in [0.717, 1.165) is 0 Å². The van der Waals surface area contributed by atoms with E-state index >= 15 is 0 Å². The number of rotatable bonds is 2. The zero-order valence-electron chi connectivity index (χ0n) is 12.6. The van der Waals surface area contributed by atoms with Crippen molar-refractivity contribution in [3.8, 4) is 11.1 Å². The molecule has 2 rings (SSSR count). The van der Waals surface area contributed by atoms with Crippen molar-refractivity contribution in [3.05, 3.63) is 54.1 Å². The lowest BCUT2D eigenvalue weighted by Gasteiger charge is -2.19. The molecule has 0 unspecified atom stereocenters. The Morgan fingerprint density at radius 3 is 1.47 bits per heavy atom. The molecule has 19 heavy (non-hydrogen) atoms. The van der Waals surface area contributed by atoms with Crippen molar-refractivity contribution in [2.24, 2.45) is 0 Å². The molecule has 2 aromatic carbocycles. The zero-order chi connectivity index (χ0) is 14.0. The van der Waals surface area contributed by atoms with Gasteiger partial charge in [0, 0.05) is 0 Å². The third-order valence-electron chi connectivity index (χ3n) is 3.47. The minimum atomic E-state index is 0.00254. The maximum atomic E-state index is 2.29. The molecular weight excluding hydrogens is 248 g/mol. The van der Waals surface area contributed by atoms with Crippen molar-refractivity contribution >= 4 is 10.9 Å². The molecule has 1 heteroatoms. The summed E-state index contributed by atoms with van der Waals surface area (Å²) in [4.78, 5) is 1.46. The van der Waals surface area contributed by atoms with Gasteiger partial charge in [-0.25, -0.2) is 10.9 Å². The Hall–Kier alpha value is -1.21. The summed E-state index contributed by atoms with van der Waals surface area (Å²) >= 11 is 0. The van der Waals surface area contributed by atoms with E-state index in [0.29, 0.717) is 0 Å². The molecule has 0 saturated carbocycles. The first kappa shape index (κ1) is 14.2. The summed E-state index contributed by atoms with van der Waals surface area (Å²) in [5.41, 5.74) is 4.22. The first-order chi connectivity index (χ1) is 8.88. The molecular formula is C18H24S. The fraction of sp³-hybridized carbons (Fsp3) is 0.333. The summed E-state index contributed by atoms with van der Waals surface area (Å²) in [5.74, 6) is 0. The molecule has 0 aliphatic heterocycles. The number of benzene rings is 2. The van der Waals surface area contributed by atoms with Crippen molar-refractivity contribution in [3.63, 3.8) is 0 Å². The Labute approximate surface area is 120 Å². The van der Waals surface area contributed by atoms with Crippen LogP contribution in [0.2, 0.25) is 0 Å². The van der Waals surface area contributed by atoms with E-state index < -0.39 is 0 Å². The quantitative estimate of drug-likeness (QED) is 0.707. The van der Waals surface area contributed by atoms with Crippen LogP contribution in [0.25, 0.3) is 11.1 Å². The summed E-state index contributed by atoms with van der Waals surface area (Å²) < 4.78 is 0. The lowest BCUT2D eigenvalue weighted by Crippen LogP contribution is -2.10. The van der Waals surface area contributed by atoms with E-state index in [-0.39, 0.29) is 16.3 Å². The van der Waals surface area contributed by atoms with Crippen LogP contribution in [0.15, 0.2) is 53.4 Å². The third kappa shape index (κ3) is 3.42. The summed E-state index contributed by atoms with van der Waals surface area (Å²) in [5, 5.41) is 0. The van der Waals surface area contributed by atoms with Crippen LogP contribution in [0.3, 0.4) is 0 Å². The second kappa shape index (κ2) is 5.42. The molecule has 0 fully saturated rings. The number of hydrogen-bond acceptors (Lipinski definition) is 0. The van der Waals surface area contributed by atoms with Gasteiger partial charge in [0.25, 0.3) is 0 Å². The average Bonchev–Trinajstić information content (AvgIpc) is 2.38. The highest BCUT2D eigenvalue weighted by atomic mass is 32.2. The van der Waals surface area contributed by atoms with Gasteiger partial charge in [-0.2, -0.15) is 0 Å². The molecule has 0 amide bonds. The maximum absolute atomic E-state index is 2.29. The minimum absolute atomic E-state index is 0.00254. The van der Waals surface area contributed by atoms with Crippen LogP contribution in [-0.2, 0) is 5.41 Å². The maximum Gasteiger partial charge on any atom is -0.0130 e. The summed E-state index contributed by atoms with van der Waals surface area (Å²) in [7, 11) is 0.00254. The average molecular weight is 272 g/mol. The smallest absolute Gasteiger partial charge is 0.0130 e. The molecule has 0 aliphatic rings. The second-order valence-corrected chi connectivity index (χ2v) is 8.57. The van der Waals surface area contributed by atoms with Crippen LogP contribution in [-0.4, -0.2) is 12.5 Å². The topological polar surface area (TPSA) is 0 Å². The van der Waals surface area contributed by atoms with Gasteiger partial charge >= 0.3 is 0 Å². The molecule has 0 bridgehead atoms. The Balaban J connectivity index is 2.27. The van der Waals surface area contributed by atoms with E-state index in [4.69, 9.17) is 0 Å². The summed E-state index contributed by atoms with van der Waals surface area (Å²) in [6.07, 6.45) is 4.59. The third-order valence-corrected chi connectivity index (χ3v) is 4.80. The molecule has 0 radical (unpaired) electrons. The lowest BCUT2D eigenvalue weighted by atomic mass is 9.86. The standard InChI is InChI=1S/C18H24S/c1-18(2,3)16-10-6-14(7-11-16)15-8-12-17(13-9-15)19(4)5/h6-13,19H,1-5H3. The van der Waals surface area contributed by atoms with Crippen LogP contribution in [0.4, 0.5) is 0 Å². The van der Waals surface area contributed by atoms with Gasteiger partial charge in [0.2, 0.25) is 0 Å². The Kier molecular flexibility index (Phi) is 4.05. The zero-order valence-corrected chi connectivity index (χ0v) is 13.5. The first-order valence-corrected chi connectivity index (χ1v) is 9.00. The van der Waals surface area contributed by atoms with E-state index in [9.17, 15) is 0 Å². The lowest BCUT2D eigenvalue weighted by molar-refractivity contribution is 0.590. The van der Waals surface area contributed by atoms with Crippen LogP contribution in [0.5, 0.6) is 0 Å². The van der Waals surface area contributed by atoms with E-state index in [1.54, 1.807) is 0 Å². The fourth-order valence-corrected chi connectivity index (χ4v) is 2.86. The van der Waals surface area contributed by atoms with Gasteiger partial charge < -0.3 is 0 Å². The van der Waals surface area contributed by atoms with Crippen LogP contribution >= 0.6 is 10.9 Å². The monoisotopic (exact) mass is 272 g/mol. The van der Waals surface area contributed by atoms with Crippen LogP contribution < -0.4 is 0 Å². The largest absolute Gasteiger partial charge is 0.233 e. The number of thiol groups is 1. The highest BCUT2D eigenvalue weighted by molar-refractivity contribution is 8.15. The molecule has 0 N–H and O–H groups in total. The van der Waals surface area contributed by atoms with Gasteiger partial charge in [0.05, 0.1) is 0 Å². The molecule has 0 atom stereocenters. The SMILES string of the molecule is C[SH](C)c1ccc(-c2ccc(C(C)(C)C)cc2)cc1. The highest BCUT2D eigenvalue weighted by Gasteiger charge is 2.12. The van der Waals surface area contributed by atoms with Crippen molar-refractivity contribution in [2.45, 2.75) is 31.1 Å². The Bertz CT molecular complexity index is 527. The van der Waals surface area contributed by atoms with Gasteiger partial charge in [-0.1, -0.05) is 57.2 Å². The van der Waals surface area contributed by atoms with E-state index in [1.165, 1.54) is 21.6 Å². The van der Waals surface area contributed by atoms with Gasteiger partial charge in [-0.3, -0.25) is 0 Å². The van der Waals surface area contributed by atoms with E-state index in [2.05, 4.69) is 81.8 Å². The predicted molar refractivity (Wildman–Crippen MR) is 89.7 cm³/mol. The molecule has 0 spiro atoms. The van der Waals surface area contributed by atoms with Gasteiger partial charge in [0.15, 0.2) is 0 Å². The summed E-state index contributed by atoms with van der Waals surface area (Å²) in [6.45, 7) is 6.75. The Morgan fingerprint density at radius 2 is 1.11 bits per heavy atom. The molecule has 0 nitrogen and oxygen atoms in total. The highest BCUT2D eigenvalue weighted by Crippen LogP contribution is 2.31. The van der Waals surface area contributed by atoms with Gasteiger partial charge in [-0.05, 0) is 51.6 Å².